The Bertz CT molecular complexity index is 1070. The van der Waals surface area contributed by atoms with Crippen LogP contribution in [-0.2, 0) is 20.0 Å². The molecule has 2 rings (SSSR count). The molecule has 0 atom stereocenters. The van der Waals surface area contributed by atoms with Crippen molar-refractivity contribution < 1.29 is 21.8 Å². The Balaban J connectivity index is 2.41. The molecule has 2 aromatic carbocycles. The number of unbranched alkanes of at least 4 members (excludes halogenated alkanes) is 1. The summed E-state index contributed by atoms with van der Waals surface area (Å²) in [5.41, 5.74) is 0.129. The van der Waals surface area contributed by atoms with E-state index in [0.29, 0.717) is 12.2 Å². The van der Waals surface area contributed by atoms with Crippen LogP contribution in [0.2, 0.25) is 0 Å². The molecule has 0 aliphatic rings. The van der Waals surface area contributed by atoms with Crippen molar-refractivity contribution in [3.8, 4) is 0 Å². The average molecular weight is 428 g/mol. The minimum Gasteiger partial charge on any atom is -0.383 e. The molecule has 0 unspecified atom stereocenters. The highest BCUT2D eigenvalue weighted by molar-refractivity contribution is 7.92. The van der Waals surface area contributed by atoms with E-state index in [1.54, 1.807) is 0 Å². The van der Waals surface area contributed by atoms with E-state index in [4.69, 9.17) is 5.14 Å². The summed E-state index contributed by atoms with van der Waals surface area (Å²) in [6, 6.07) is 8.12. The minimum atomic E-state index is -4.12. The maximum Gasteiger partial charge on any atom is 0.269 e. The molecule has 28 heavy (non-hydrogen) atoms. The molecule has 0 fully saturated rings. The van der Waals surface area contributed by atoms with Gasteiger partial charge in [0.25, 0.3) is 15.7 Å². The molecule has 0 saturated carbocycles. The summed E-state index contributed by atoms with van der Waals surface area (Å²) in [5.74, 6) is 0. The number of non-ortho nitro benzene ring substituents is 1. The lowest BCUT2D eigenvalue weighted by atomic mass is 10.2. The Morgan fingerprint density at radius 1 is 1.00 bits per heavy atom. The topological polar surface area (TPSA) is 162 Å². The number of hydrogen-bond donors (Lipinski definition) is 3. The maximum atomic E-state index is 12.6. The SMILES string of the molecule is CCCCNc1ccc(S(N)(=O)=O)cc1NS(=O)(=O)c1ccc([N+](=O)[O-])cc1. The third-order valence-corrected chi connectivity index (χ3v) is 6.06. The van der Waals surface area contributed by atoms with E-state index in [1.807, 2.05) is 6.92 Å². The molecule has 0 spiro atoms. The van der Waals surface area contributed by atoms with Crippen molar-refractivity contribution in [3.63, 3.8) is 0 Å². The van der Waals surface area contributed by atoms with Crippen molar-refractivity contribution >= 4 is 37.1 Å². The van der Waals surface area contributed by atoms with Crippen LogP contribution in [0, 0.1) is 10.1 Å². The van der Waals surface area contributed by atoms with Crippen LogP contribution < -0.4 is 15.2 Å². The van der Waals surface area contributed by atoms with E-state index in [2.05, 4.69) is 10.0 Å². The van der Waals surface area contributed by atoms with Crippen LogP contribution in [0.25, 0.3) is 0 Å². The number of sulfonamides is 2. The Morgan fingerprint density at radius 2 is 1.61 bits per heavy atom. The van der Waals surface area contributed by atoms with Gasteiger partial charge in [0.1, 0.15) is 0 Å². The fourth-order valence-corrected chi connectivity index (χ4v) is 3.90. The number of nitrogens with one attached hydrogen (secondary N) is 2. The molecule has 0 radical (unpaired) electrons. The number of hydrogen-bond acceptors (Lipinski definition) is 7. The summed E-state index contributed by atoms with van der Waals surface area (Å²) < 4.78 is 50.8. The summed E-state index contributed by atoms with van der Waals surface area (Å²) in [5, 5.41) is 18.9. The van der Waals surface area contributed by atoms with Crippen LogP contribution in [0.1, 0.15) is 19.8 Å². The van der Waals surface area contributed by atoms with Crippen molar-refractivity contribution in [1.29, 1.82) is 0 Å². The standard InChI is InChI=1S/C16H20N4O6S2/c1-2-3-10-18-15-9-8-14(27(17,23)24)11-16(15)19-28(25,26)13-6-4-12(5-7-13)20(21)22/h4-9,11,18-19H,2-3,10H2,1H3,(H2,17,23,24). The number of nitro groups is 1. The number of rotatable bonds is 9. The van der Waals surface area contributed by atoms with Gasteiger partial charge in [-0.1, -0.05) is 13.3 Å². The second kappa shape index (κ2) is 8.54. The third kappa shape index (κ3) is 5.41. The molecular formula is C16H20N4O6S2. The summed E-state index contributed by atoms with van der Waals surface area (Å²) in [7, 11) is -8.16. The molecule has 0 bridgehead atoms. The molecule has 2 aromatic rings. The highest BCUT2D eigenvalue weighted by Crippen LogP contribution is 2.28. The van der Waals surface area contributed by atoms with Crippen molar-refractivity contribution in [2.24, 2.45) is 5.14 Å². The largest absolute Gasteiger partial charge is 0.383 e. The predicted octanol–water partition coefficient (Wildman–Crippen LogP) is 2.26. The van der Waals surface area contributed by atoms with Gasteiger partial charge in [-0.25, -0.2) is 22.0 Å². The first-order valence-corrected chi connectivity index (χ1v) is 11.3. The zero-order valence-electron chi connectivity index (χ0n) is 15.0. The Kier molecular flexibility index (Phi) is 6.59. The lowest BCUT2D eigenvalue weighted by molar-refractivity contribution is -0.384. The van der Waals surface area contributed by atoms with E-state index in [-0.39, 0.29) is 21.2 Å². The average Bonchev–Trinajstić information content (AvgIpc) is 2.62. The highest BCUT2D eigenvalue weighted by atomic mass is 32.2. The summed E-state index contributed by atoms with van der Waals surface area (Å²) in [6.45, 7) is 2.54. The Labute approximate surface area is 163 Å². The Hall–Kier alpha value is -2.70. The van der Waals surface area contributed by atoms with Crippen LogP contribution in [0.15, 0.2) is 52.3 Å². The number of anilines is 2. The molecule has 152 valence electrons. The second-order valence-electron chi connectivity index (χ2n) is 5.89. The van der Waals surface area contributed by atoms with E-state index < -0.39 is 25.0 Å². The fourth-order valence-electron chi connectivity index (χ4n) is 2.29. The molecule has 10 nitrogen and oxygen atoms in total. The van der Waals surface area contributed by atoms with Crippen LogP contribution in [0.5, 0.6) is 0 Å². The van der Waals surface area contributed by atoms with Gasteiger partial charge >= 0.3 is 0 Å². The van der Waals surface area contributed by atoms with Crippen molar-refractivity contribution in [1.82, 2.24) is 0 Å². The highest BCUT2D eigenvalue weighted by Gasteiger charge is 2.19. The van der Waals surface area contributed by atoms with Crippen LogP contribution in [0.3, 0.4) is 0 Å². The lowest BCUT2D eigenvalue weighted by Gasteiger charge is -2.15. The molecule has 0 aromatic heterocycles. The lowest BCUT2D eigenvalue weighted by Crippen LogP contribution is -2.17. The quantitative estimate of drug-likeness (QED) is 0.313. The number of benzene rings is 2. The first-order chi connectivity index (χ1) is 13.0. The molecule has 12 heteroatoms. The van der Waals surface area contributed by atoms with Crippen molar-refractivity contribution in [2.75, 3.05) is 16.6 Å². The number of nitrogens with zero attached hydrogens (tertiary/aromatic N) is 1. The molecule has 0 amide bonds. The van der Waals surface area contributed by atoms with Crippen LogP contribution in [-0.4, -0.2) is 28.3 Å². The fraction of sp³-hybridized carbons (Fsp3) is 0.250. The van der Waals surface area contributed by atoms with Gasteiger partial charge in [0, 0.05) is 18.7 Å². The minimum absolute atomic E-state index is 0.000908. The zero-order valence-corrected chi connectivity index (χ0v) is 16.6. The third-order valence-electron chi connectivity index (χ3n) is 3.77. The van der Waals surface area contributed by atoms with Gasteiger partial charge in [-0.3, -0.25) is 14.8 Å². The molecule has 4 N–H and O–H groups in total. The Morgan fingerprint density at radius 3 is 2.14 bits per heavy atom. The maximum absolute atomic E-state index is 12.6. The smallest absolute Gasteiger partial charge is 0.269 e. The molecular weight excluding hydrogens is 408 g/mol. The number of nitrogens with two attached hydrogens (primary N) is 1. The van der Waals surface area contributed by atoms with Gasteiger partial charge in [-0.05, 0) is 36.8 Å². The first kappa shape index (κ1) is 21.6. The van der Waals surface area contributed by atoms with Gasteiger partial charge in [-0.2, -0.15) is 0 Å². The van der Waals surface area contributed by atoms with Gasteiger partial charge in [0.2, 0.25) is 10.0 Å². The van der Waals surface area contributed by atoms with Crippen LogP contribution >= 0.6 is 0 Å². The molecule has 0 aliphatic carbocycles. The van der Waals surface area contributed by atoms with Crippen LogP contribution in [0.4, 0.5) is 17.1 Å². The summed E-state index contributed by atoms with van der Waals surface area (Å²) >= 11 is 0. The monoisotopic (exact) mass is 428 g/mol. The normalized spacial score (nSPS) is 11.8. The van der Waals surface area contributed by atoms with Crippen molar-refractivity contribution in [3.05, 3.63) is 52.6 Å². The molecule has 0 aliphatic heterocycles. The van der Waals surface area contributed by atoms with Gasteiger partial charge in [-0.15, -0.1) is 0 Å². The van der Waals surface area contributed by atoms with Gasteiger partial charge < -0.3 is 5.32 Å². The summed E-state index contributed by atoms with van der Waals surface area (Å²) in [4.78, 5) is 9.61. The molecule has 0 heterocycles. The van der Waals surface area contributed by atoms with Gasteiger partial charge in [0.05, 0.1) is 26.1 Å². The summed E-state index contributed by atoms with van der Waals surface area (Å²) in [6.07, 6.45) is 1.73. The second-order valence-corrected chi connectivity index (χ2v) is 9.13. The number of primary sulfonamides is 1. The predicted molar refractivity (Wildman–Crippen MR) is 105 cm³/mol. The zero-order chi connectivity index (χ0) is 20.9. The van der Waals surface area contributed by atoms with E-state index in [0.717, 1.165) is 43.2 Å². The molecule has 0 saturated heterocycles. The first-order valence-electron chi connectivity index (χ1n) is 8.22. The van der Waals surface area contributed by atoms with Gasteiger partial charge in [0.15, 0.2) is 0 Å². The van der Waals surface area contributed by atoms with Crippen molar-refractivity contribution in [2.45, 2.75) is 29.6 Å². The van der Waals surface area contributed by atoms with E-state index >= 15 is 0 Å². The van der Waals surface area contributed by atoms with E-state index in [1.165, 1.54) is 12.1 Å². The number of nitro benzene ring substituents is 1. The van der Waals surface area contributed by atoms with E-state index in [9.17, 15) is 26.9 Å².